The van der Waals surface area contributed by atoms with Crippen molar-refractivity contribution in [1.29, 1.82) is 0 Å². The van der Waals surface area contributed by atoms with Crippen LogP contribution in [0.5, 0.6) is 0 Å². The molecule has 0 amide bonds. The molecule has 1 aromatic rings. The van der Waals surface area contributed by atoms with E-state index in [2.05, 4.69) is 0 Å². The number of nitrogens with zero attached hydrogens (tertiary/aromatic N) is 2. The molecule has 0 aliphatic heterocycles. The first-order chi connectivity index (χ1) is 8.83. The molecule has 1 unspecified atom stereocenters. The fraction of sp³-hybridized carbons (Fsp3) is 0.500. The molecule has 0 bridgehead atoms. The number of nitro benzene ring substituents is 2. The van der Waals surface area contributed by atoms with Gasteiger partial charge in [0, 0.05) is 11.6 Å². The van der Waals surface area contributed by atoms with Gasteiger partial charge in [-0.05, 0) is 30.9 Å². The Balaban J connectivity index is 3.21. The largest absolute Gasteiger partial charge is 0.330 e. The van der Waals surface area contributed by atoms with Gasteiger partial charge in [0.1, 0.15) is 0 Å². The Morgan fingerprint density at radius 1 is 1.26 bits per heavy atom. The van der Waals surface area contributed by atoms with Gasteiger partial charge in [0.05, 0.1) is 15.9 Å². The van der Waals surface area contributed by atoms with E-state index in [0.717, 1.165) is 12.5 Å². The van der Waals surface area contributed by atoms with Crippen molar-refractivity contribution in [1.82, 2.24) is 0 Å². The summed E-state index contributed by atoms with van der Waals surface area (Å²) in [4.78, 5) is 20.4. The van der Waals surface area contributed by atoms with E-state index in [-0.39, 0.29) is 16.8 Å². The summed E-state index contributed by atoms with van der Waals surface area (Å²) < 4.78 is 0. The maximum absolute atomic E-state index is 11.0. The molecule has 7 nitrogen and oxygen atoms in total. The lowest BCUT2D eigenvalue weighted by Crippen LogP contribution is -2.29. The molecule has 0 radical (unpaired) electrons. The summed E-state index contributed by atoms with van der Waals surface area (Å²) in [5.41, 5.74) is 5.42. The van der Waals surface area contributed by atoms with E-state index < -0.39 is 9.85 Å². The van der Waals surface area contributed by atoms with Gasteiger partial charge in [-0.2, -0.15) is 0 Å². The molecule has 104 valence electrons. The van der Waals surface area contributed by atoms with Crippen LogP contribution < -0.4 is 5.73 Å². The first kappa shape index (κ1) is 15.0. The molecular weight excluding hydrogens is 250 g/mol. The van der Waals surface area contributed by atoms with Crippen molar-refractivity contribution in [2.45, 2.75) is 26.7 Å². The predicted octanol–water partition coefficient (Wildman–Crippen LogP) is 2.42. The fourth-order valence-corrected chi connectivity index (χ4v) is 1.79. The van der Waals surface area contributed by atoms with E-state index in [9.17, 15) is 20.2 Å². The van der Waals surface area contributed by atoms with E-state index >= 15 is 0 Å². The highest BCUT2D eigenvalue weighted by Gasteiger charge is 2.27. The molecular formula is C12H17N3O4. The highest BCUT2D eigenvalue weighted by atomic mass is 16.6. The minimum atomic E-state index is -0.640. The first-order valence-corrected chi connectivity index (χ1v) is 5.95. The molecule has 0 aliphatic rings. The van der Waals surface area contributed by atoms with Gasteiger partial charge in [-0.1, -0.05) is 13.8 Å². The number of hydrogen-bond acceptors (Lipinski definition) is 5. The van der Waals surface area contributed by atoms with Gasteiger partial charge in [0.25, 0.3) is 11.4 Å². The van der Waals surface area contributed by atoms with Gasteiger partial charge in [0.2, 0.25) is 0 Å². The molecule has 1 rings (SSSR count). The topological polar surface area (TPSA) is 112 Å². The van der Waals surface area contributed by atoms with Crippen LogP contribution in [0, 0.1) is 25.6 Å². The van der Waals surface area contributed by atoms with Crippen LogP contribution in [0.4, 0.5) is 11.4 Å². The molecule has 0 aromatic heterocycles. The molecule has 0 saturated heterocycles. The smallest absolute Gasteiger partial charge is 0.279 e. The highest BCUT2D eigenvalue weighted by molar-refractivity contribution is 5.49. The minimum absolute atomic E-state index is 0.220. The number of hydrogen-bond donors (Lipinski definition) is 1. The second kappa shape index (κ2) is 5.75. The van der Waals surface area contributed by atoms with Crippen LogP contribution in [0.15, 0.2) is 18.2 Å². The quantitative estimate of drug-likeness (QED) is 0.628. The summed E-state index contributed by atoms with van der Waals surface area (Å²) in [5, 5.41) is 21.7. The van der Waals surface area contributed by atoms with Crippen LogP contribution >= 0.6 is 0 Å². The van der Waals surface area contributed by atoms with E-state index in [1.165, 1.54) is 12.1 Å². The van der Waals surface area contributed by atoms with Crippen molar-refractivity contribution in [2.24, 2.45) is 11.1 Å². The van der Waals surface area contributed by atoms with Crippen molar-refractivity contribution in [3.05, 3.63) is 44.0 Å². The first-order valence-electron chi connectivity index (χ1n) is 5.95. The lowest BCUT2D eigenvalue weighted by molar-refractivity contribution is -0.394. The molecule has 0 spiro atoms. The van der Waals surface area contributed by atoms with Crippen LogP contribution in [-0.4, -0.2) is 16.4 Å². The Hall–Kier alpha value is -2.02. The number of non-ortho nitro benzene ring substituents is 1. The fourth-order valence-electron chi connectivity index (χ4n) is 1.79. The Morgan fingerprint density at radius 2 is 1.89 bits per heavy atom. The van der Waals surface area contributed by atoms with E-state index in [4.69, 9.17) is 5.73 Å². The second-order valence-electron chi connectivity index (χ2n) is 4.87. The molecule has 1 aromatic carbocycles. The summed E-state index contributed by atoms with van der Waals surface area (Å²) in [5.74, 6) is 0. The van der Waals surface area contributed by atoms with Gasteiger partial charge in [-0.3, -0.25) is 20.2 Å². The van der Waals surface area contributed by atoms with Crippen LogP contribution in [0.25, 0.3) is 0 Å². The number of rotatable bonds is 6. The van der Waals surface area contributed by atoms with Crippen molar-refractivity contribution in [2.75, 3.05) is 6.54 Å². The second-order valence-corrected chi connectivity index (χ2v) is 4.87. The van der Waals surface area contributed by atoms with Gasteiger partial charge >= 0.3 is 0 Å². The molecule has 7 heteroatoms. The van der Waals surface area contributed by atoms with Crippen LogP contribution in [-0.2, 0) is 6.42 Å². The summed E-state index contributed by atoms with van der Waals surface area (Å²) >= 11 is 0. The Kier molecular flexibility index (Phi) is 4.55. The Labute approximate surface area is 110 Å². The van der Waals surface area contributed by atoms with Crippen LogP contribution in [0.2, 0.25) is 0 Å². The molecule has 2 N–H and O–H groups in total. The third kappa shape index (κ3) is 3.47. The van der Waals surface area contributed by atoms with Crippen LogP contribution in [0.3, 0.4) is 0 Å². The Morgan fingerprint density at radius 3 is 2.32 bits per heavy atom. The van der Waals surface area contributed by atoms with Crippen molar-refractivity contribution >= 4 is 11.4 Å². The molecule has 0 heterocycles. The third-order valence-corrected chi connectivity index (χ3v) is 3.44. The summed E-state index contributed by atoms with van der Waals surface area (Å²) in [6, 6.07) is 3.73. The number of nitrogens with two attached hydrogens (primary N) is 1. The van der Waals surface area contributed by atoms with E-state index in [1.54, 1.807) is 0 Å². The zero-order valence-corrected chi connectivity index (χ0v) is 11.0. The summed E-state index contributed by atoms with van der Waals surface area (Å²) in [7, 11) is 0. The monoisotopic (exact) mass is 267 g/mol. The molecule has 1 atom stereocenters. The van der Waals surface area contributed by atoms with Crippen molar-refractivity contribution in [3.63, 3.8) is 0 Å². The third-order valence-electron chi connectivity index (χ3n) is 3.44. The van der Waals surface area contributed by atoms with Crippen molar-refractivity contribution < 1.29 is 9.85 Å². The average molecular weight is 267 g/mol. The van der Waals surface area contributed by atoms with Crippen molar-refractivity contribution in [3.8, 4) is 0 Å². The lowest BCUT2D eigenvalue weighted by Gasteiger charge is -2.26. The van der Waals surface area contributed by atoms with Gasteiger partial charge in [0.15, 0.2) is 0 Å². The van der Waals surface area contributed by atoms with E-state index in [0.29, 0.717) is 18.5 Å². The maximum Gasteiger partial charge on any atom is 0.279 e. The zero-order valence-electron chi connectivity index (χ0n) is 11.0. The molecule has 0 aliphatic carbocycles. The molecule has 0 fully saturated rings. The highest BCUT2D eigenvalue weighted by Crippen LogP contribution is 2.32. The zero-order chi connectivity index (χ0) is 14.6. The Bertz CT molecular complexity index is 498. The maximum atomic E-state index is 11.0. The standard InChI is InChI=1S/C12H17N3O4/c1-3-12(2,8-13)7-9-4-5-10(14(16)17)6-11(9)15(18)19/h4-6H,3,7-8,13H2,1-2H3. The van der Waals surface area contributed by atoms with Gasteiger partial charge in [-0.15, -0.1) is 0 Å². The normalized spacial score (nSPS) is 13.8. The number of benzene rings is 1. The van der Waals surface area contributed by atoms with E-state index in [1.807, 2.05) is 13.8 Å². The lowest BCUT2D eigenvalue weighted by atomic mass is 9.81. The minimum Gasteiger partial charge on any atom is -0.330 e. The summed E-state index contributed by atoms with van der Waals surface area (Å²) in [6.45, 7) is 4.31. The molecule has 19 heavy (non-hydrogen) atoms. The van der Waals surface area contributed by atoms with Gasteiger partial charge in [-0.25, -0.2) is 0 Å². The van der Waals surface area contributed by atoms with Crippen LogP contribution in [0.1, 0.15) is 25.8 Å². The number of nitro groups is 2. The predicted molar refractivity (Wildman–Crippen MR) is 70.9 cm³/mol. The molecule has 0 saturated carbocycles. The SMILES string of the molecule is CCC(C)(CN)Cc1ccc([N+](=O)[O-])cc1[N+](=O)[O-]. The average Bonchev–Trinajstić information content (AvgIpc) is 2.38. The van der Waals surface area contributed by atoms with Gasteiger partial charge < -0.3 is 5.73 Å². The summed E-state index contributed by atoms with van der Waals surface area (Å²) in [6.07, 6.45) is 1.20.